The Morgan fingerprint density at radius 2 is 1.90 bits per heavy atom. The minimum atomic E-state index is 0.885. The van der Waals surface area contributed by atoms with Gasteiger partial charge in [-0.3, -0.25) is 0 Å². The monoisotopic (exact) mass is 178 g/mol. The van der Waals surface area contributed by atoms with Crippen LogP contribution in [0.5, 0.6) is 0 Å². The van der Waals surface area contributed by atoms with E-state index in [1.165, 1.54) is 6.54 Å². The first-order chi connectivity index (χ1) is 4.85. The van der Waals surface area contributed by atoms with Crippen LogP contribution >= 0.6 is 0 Å². The van der Waals surface area contributed by atoms with Gasteiger partial charge in [-0.2, -0.15) is 0 Å². The SMILES string of the molecule is CCN(CC)CCC[O][Ti]. The first-order valence-electron chi connectivity index (χ1n) is 3.86. The molecule has 0 heterocycles. The van der Waals surface area contributed by atoms with Crippen molar-refractivity contribution in [1.82, 2.24) is 4.90 Å². The molecule has 0 aliphatic rings. The topological polar surface area (TPSA) is 12.5 Å². The van der Waals surface area contributed by atoms with E-state index in [4.69, 9.17) is 3.32 Å². The average molecular weight is 178 g/mol. The zero-order chi connectivity index (χ0) is 7.82. The van der Waals surface area contributed by atoms with E-state index in [2.05, 4.69) is 18.7 Å². The van der Waals surface area contributed by atoms with Crippen LogP contribution in [-0.4, -0.2) is 31.1 Å². The zero-order valence-electron chi connectivity index (χ0n) is 6.89. The van der Waals surface area contributed by atoms with Crippen molar-refractivity contribution < 1.29 is 24.1 Å². The molecule has 0 unspecified atom stereocenters. The summed E-state index contributed by atoms with van der Waals surface area (Å²) in [6, 6.07) is 0. The average Bonchev–Trinajstić information content (AvgIpc) is 1.99. The third-order valence-electron chi connectivity index (χ3n) is 1.62. The molecule has 0 saturated heterocycles. The third kappa shape index (κ3) is 5.42. The van der Waals surface area contributed by atoms with Crippen LogP contribution in [0.4, 0.5) is 0 Å². The molecule has 0 N–H and O–H groups in total. The fourth-order valence-corrected chi connectivity index (χ4v) is 1.13. The van der Waals surface area contributed by atoms with E-state index >= 15 is 0 Å². The maximum absolute atomic E-state index is 4.95. The first-order valence-corrected chi connectivity index (χ1v) is 4.49. The van der Waals surface area contributed by atoms with Crippen molar-refractivity contribution in [2.24, 2.45) is 0 Å². The molecule has 0 aliphatic carbocycles. The number of nitrogens with zero attached hydrogens (tertiary/aromatic N) is 1. The molecule has 0 spiro atoms. The molecule has 10 heavy (non-hydrogen) atoms. The molecule has 2 nitrogen and oxygen atoms in total. The van der Waals surface area contributed by atoms with Crippen LogP contribution in [0.3, 0.4) is 0 Å². The summed E-state index contributed by atoms with van der Waals surface area (Å²) in [7, 11) is 0. The van der Waals surface area contributed by atoms with Crippen molar-refractivity contribution in [3.05, 3.63) is 0 Å². The van der Waals surface area contributed by atoms with Crippen LogP contribution in [0.2, 0.25) is 0 Å². The van der Waals surface area contributed by atoms with Gasteiger partial charge in [0.1, 0.15) is 0 Å². The van der Waals surface area contributed by atoms with Gasteiger partial charge in [-0.1, -0.05) is 0 Å². The van der Waals surface area contributed by atoms with Gasteiger partial charge in [0.15, 0.2) is 0 Å². The predicted molar refractivity (Wildman–Crippen MR) is 38.4 cm³/mol. The minimum absolute atomic E-state index is 0.885. The van der Waals surface area contributed by atoms with E-state index in [9.17, 15) is 0 Å². The van der Waals surface area contributed by atoms with E-state index in [-0.39, 0.29) is 0 Å². The van der Waals surface area contributed by atoms with Gasteiger partial charge in [0.2, 0.25) is 0 Å². The molecule has 0 rings (SSSR count). The summed E-state index contributed by atoms with van der Waals surface area (Å²) in [5.41, 5.74) is 0. The van der Waals surface area contributed by atoms with Crippen LogP contribution in [0.15, 0.2) is 0 Å². The molecule has 0 atom stereocenters. The summed E-state index contributed by atoms with van der Waals surface area (Å²) in [5.74, 6) is 0. The molecule has 59 valence electrons. The number of hydrogen-bond donors (Lipinski definition) is 0. The van der Waals surface area contributed by atoms with Gasteiger partial charge in [0.25, 0.3) is 0 Å². The van der Waals surface area contributed by atoms with Crippen LogP contribution in [0, 0.1) is 0 Å². The van der Waals surface area contributed by atoms with Crippen LogP contribution in [-0.2, 0) is 24.1 Å². The van der Waals surface area contributed by atoms with Crippen molar-refractivity contribution >= 4 is 0 Å². The van der Waals surface area contributed by atoms with Gasteiger partial charge in [0.05, 0.1) is 0 Å². The summed E-state index contributed by atoms with van der Waals surface area (Å²) >= 11 is 1.75. The normalized spacial score (nSPS) is 10.6. The van der Waals surface area contributed by atoms with Crippen molar-refractivity contribution in [2.45, 2.75) is 20.3 Å². The van der Waals surface area contributed by atoms with Crippen LogP contribution in [0.1, 0.15) is 20.3 Å². The number of hydrogen-bond acceptors (Lipinski definition) is 2. The standard InChI is InChI=1S/C7H16NO.Ti/c1-3-8(4-2)6-5-7-9;/h3-7H2,1-2H3;/q-1;+1. The molecule has 0 fully saturated rings. The van der Waals surface area contributed by atoms with Gasteiger partial charge >= 0.3 is 75.6 Å². The Balaban J connectivity index is 3.09. The molecule has 3 heteroatoms. The van der Waals surface area contributed by atoms with E-state index in [1.807, 2.05) is 0 Å². The fraction of sp³-hybridized carbons (Fsp3) is 1.00. The van der Waals surface area contributed by atoms with Crippen molar-refractivity contribution in [3.8, 4) is 0 Å². The molecule has 0 aliphatic heterocycles. The second-order valence-corrected chi connectivity index (χ2v) is 2.68. The molecule has 0 aromatic heterocycles. The molecular formula is C7H16NOTi. The Morgan fingerprint density at radius 3 is 2.30 bits per heavy atom. The van der Waals surface area contributed by atoms with Gasteiger partial charge in [0, 0.05) is 0 Å². The summed E-state index contributed by atoms with van der Waals surface area (Å²) in [4.78, 5) is 2.40. The Morgan fingerprint density at radius 1 is 1.30 bits per heavy atom. The summed E-state index contributed by atoms with van der Waals surface area (Å²) in [6.45, 7) is 8.74. The van der Waals surface area contributed by atoms with Crippen molar-refractivity contribution in [2.75, 3.05) is 26.2 Å². The van der Waals surface area contributed by atoms with Crippen LogP contribution < -0.4 is 0 Å². The van der Waals surface area contributed by atoms with Gasteiger partial charge in [-0.25, -0.2) is 0 Å². The fourth-order valence-electron chi connectivity index (χ4n) is 0.900. The molecular weight excluding hydrogens is 162 g/mol. The Hall–Kier alpha value is 0.634. The predicted octanol–water partition coefficient (Wildman–Crippen LogP) is 1.20. The zero-order valence-corrected chi connectivity index (χ0v) is 8.45. The summed E-state index contributed by atoms with van der Waals surface area (Å²) in [6.07, 6.45) is 1.15. The number of rotatable bonds is 6. The molecule has 0 bridgehead atoms. The van der Waals surface area contributed by atoms with Crippen molar-refractivity contribution in [3.63, 3.8) is 0 Å². The third-order valence-corrected chi connectivity index (χ3v) is 1.93. The van der Waals surface area contributed by atoms with E-state index in [0.717, 1.165) is 26.1 Å². The molecule has 0 radical (unpaired) electrons. The Kier molecular flexibility index (Phi) is 8.23. The van der Waals surface area contributed by atoms with Gasteiger partial charge in [-0.05, 0) is 0 Å². The maximum atomic E-state index is 4.95. The van der Waals surface area contributed by atoms with E-state index in [0.29, 0.717) is 0 Å². The van der Waals surface area contributed by atoms with E-state index in [1.54, 1.807) is 20.8 Å². The Labute approximate surface area is 75.8 Å². The van der Waals surface area contributed by atoms with Crippen molar-refractivity contribution in [1.29, 1.82) is 0 Å². The second-order valence-electron chi connectivity index (χ2n) is 2.23. The van der Waals surface area contributed by atoms with Gasteiger partial charge in [-0.15, -0.1) is 0 Å². The first kappa shape index (κ1) is 10.6. The second kappa shape index (κ2) is 7.74. The quantitative estimate of drug-likeness (QED) is 0.447. The summed E-state index contributed by atoms with van der Waals surface area (Å²) < 4.78 is 4.95. The molecule has 0 amide bonds. The van der Waals surface area contributed by atoms with Crippen LogP contribution in [0.25, 0.3) is 0 Å². The van der Waals surface area contributed by atoms with Gasteiger partial charge < -0.3 is 0 Å². The van der Waals surface area contributed by atoms with E-state index < -0.39 is 0 Å². The summed E-state index contributed by atoms with van der Waals surface area (Å²) in [5, 5.41) is 0. The molecule has 0 saturated carbocycles. The molecule has 0 aromatic carbocycles. The molecule has 0 aromatic rings. The Bertz CT molecular complexity index is 66.6.